The average molecular weight is 520 g/mol. The molecule has 0 amide bonds. The van der Waals surface area contributed by atoms with Crippen LogP contribution in [-0.2, 0) is 16.6 Å². The Hall–Kier alpha value is -4.06. The third-order valence-electron chi connectivity index (χ3n) is 6.05. The van der Waals surface area contributed by atoms with Crippen LogP contribution in [0.15, 0.2) is 55.5 Å². The lowest BCUT2D eigenvalue weighted by Crippen LogP contribution is -2.14. The standard InChI is InChI=1S/C25H29N9O2S/c1-5-9-32-14-18(11-28-32)21-16-33(17(3)4)22-10-24(27-13-20(21)22)30-23-7-8-26-25(31-23)19-12-29-34(15-19)37(35,36)6-2/h7-8,10-17H,5-6,9H2,1-4H3,(H,26,27,30,31). The Kier molecular flexibility index (Phi) is 6.50. The summed E-state index contributed by atoms with van der Waals surface area (Å²) < 4.78 is 29.3. The van der Waals surface area contributed by atoms with Crippen LogP contribution >= 0.6 is 0 Å². The summed E-state index contributed by atoms with van der Waals surface area (Å²) in [6.07, 6.45) is 13.5. The zero-order chi connectivity index (χ0) is 26.2. The van der Waals surface area contributed by atoms with Crippen molar-refractivity contribution < 1.29 is 8.42 Å². The summed E-state index contributed by atoms with van der Waals surface area (Å²) in [7, 11) is -3.48. The normalized spacial score (nSPS) is 12.0. The fraction of sp³-hybridized carbons (Fsp3) is 0.320. The summed E-state index contributed by atoms with van der Waals surface area (Å²) in [6, 6.07) is 3.99. The smallest absolute Gasteiger partial charge is 0.253 e. The molecule has 0 atom stereocenters. The summed E-state index contributed by atoms with van der Waals surface area (Å²) in [4.78, 5) is 13.5. The molecule has 11 nitrogen and oxygen atoms in total. The monoisotopic (exact) mass is 519 g/mol. The Morgan fingerprint density at radius 2 is 1.78 bits per heavy atom. The predicted octanol–water partition coefficient (Wildman–Crippen LogP) is 4.49. The highest BCUT2D eigenvalue weighted by Crippen LogP contribution is 2.33. The number of anilines is 2. The van der Waals surface area contributed by atoms with Crippen molar-refractivity contribution in [2.75, 3.05) is 11.1 Å². The van der Waals surface area contributed by atoms with E-state index in [1.54, 1.807) is 19.2 Å². The van der Waals surface area contributed by atoms with E-state index in [9.17, 15) is 8.42 Å². The molecule has 0 radical (unpaired) electrons. The number of fused-ring (bicyclic) bond motifs is 1. The maximum Gasteiger partial charge on any atom is 0.253 e. The Balaban J connectivity index is 1.46. The molecule has 5 aromatic heterocycles. The van der Waals surface area contributed by atoms with Crippen LogP contribution in [0.2, 0.25) is 0 Å². The topological polar surface area (TPSA) is 125 Å². The molecule has 0 unspecified atom stereocenters. The van der Waals surface area contributed by atoms with Gasteiger partial charge in [-0.15, -0.1) is 0 Å². The number of hydrogen-bond donors (Lipinski definition) is 1. The van der Waals surface area contributed by atoms with Crippen molar-refractivity contribution in [2.24, 2.45) is 0 Å². The van der Waals surface area contributed by atoms with Crippen molar-refractivity contribution in [3.8, 4) is 22.5 Å². The first kappa shape index (κ1) is 24.6. The van der Waals surface area contributed by atoms with Crippen molar-refractivity contribution in [3.63, 3.8) is 0 Å². The fourth-order valence-corrected chi connectivity index (χ4v) is 4.86. The molecule has 12 heteroatoms. The van der Waals surface area contributed by atoms with Gasteiger partial charge in [-0.2, -0.15) is 14.3 Å². The van der Waals surface area contributed by atoms with Gasteiger partial charge in [0.1, 0.15) is 11.6 Å². The van der Waals surface area contributed by atoms with Gasteiger partial charge in [-0.3, -0.25) is 4.68 Å². The molecular weight excluding hydrogens is 490 g/mol. The molecule has 0 aliphatic rings. The number of pyridine rings is 1. The zero-order valence-corrected chi connectivity index (χ0v) is 22.0. The van der Waals surface area contributed by atoms with Gasteiger partial charge in [-0.1, -0.05) is 6.92 Å². The molecule has 192 valence electrons. The molecule has 0 saturated heterocycles. The van der Waals surface area contributed by atoms with Gasteiger partial charge in [0.05, 0.1) is 35.4 Å². The first-order valence-corrected chi connectivity index (χ1v) is 13.8. The van der Waals surface area contributed by atoms with Crippen molar-refractivity contribution in [2.45, 2.75) is 46.7 Å². The van der Waals surface area contributed by atoms with Crippen molar-refractivity contribution in [1.82, 2.24) is 38.5 Å². The van der Waals surface area contributed by atoms with Crippen LogP contribution in [0.5, 0.6) is 0 Å². The fourth-order valence-electron chi connectivity index (χ4n) is 4.13. The van der Waals surface area contributed by atoms with Crippen LogP contribution < -0.4 is 5.32 Å². The highest BCUT2D eigenvalue weighted by Gasteiger charge is 2.16. The lowest BCUT2D eigenvalue weighted by Gasteiger charge is -2.10. The molecule has 0 saturated carbocycles. The minimum atomic E-state index is -3.48. The Morgan fingerprint density at radius 1 is 0.973 bits per heavy atom. The van der Waals surface area contributed by atoms with Crippen LogP contribution in [0.25, 0.3) is 33.4 Å². The summed E-state index contributed by atoms with van der Waals surface area (Å²) in [5.41, 5.74) is 3.71. The third-order valence-corrected chi connectivity index (χ3v) is 7.55. The van der Waals surface area contributed by atoms with Gasteiger partial charge in [0.15, 0.2) is 5.82 Å². The highest BCUT2D eigenvalue weighted by molar-refractivity contribution is 7.89. The van der Waals surface area contributed by atoms with E-state index in [1.165, 1.54) is 12.4 Å². The Labute approximate surface area is 215 Å². The van der Waals surface area contributed by atoms with E-state index in [2.05, 4.69) is 68.2 Å². The number of nitrogens with zero attached hydrogens (tertiary/aromatic N) is 8. The summed E-state index contributed by atoms with van der Waals surface area (Å²) in [5, 5.41) is 12.7. The second-order valence-corrected chi connectivity index (χ2v) is 11.1. The van der Waals surface area contributed by atoms with E-state index < -0.39 is 10.0 Å². The Morgan fingerprint density at radius 3 is 2.54 bits per heavy atom. The second-order valence-electron chi connectivity index (χ2n) is 9.02. The number of aryl methyl sites for hydroxylation is 1. The molecule has 0 aliphatic carbocycles. The van der Waals surface area contributed by atoms with Crippen molar-refractivity contribution in [1.29, 1.82) is 0 Å². The molecule has 5 rings (SSSR count). The van der Waals surface area contributed by atoms with Gasteiger partial charge in [0.25, 0.3) is 10.0 Å². The molecule has 0 spiro atoms. The summed E-state index contributed by atoms with van der Waals surface area (Å²) >= 11 is 0. The lowest BCUT2D eigenvalue weighted by atomic mass is 10.1. The molecule has 37 heavy (non-hydrogen) atoms. The zero-order valence-electron chi connectivity index (χ0n) is 21.2. The van der Waals surface area contributed by atoms with E-state index >= 15 is 0 Å². The van der Waals surface area contributed by atoms with Gasteiger partial charge in [-0.05, 0) is 33.3 Å². The SMILES string of the molecule is CCCn1cc(-c2cn(C(C)C)c3cc(Nc4ccnc(-c5cnn(S(=O)(=O)CC)c5)n4)ncc23)cn1. The molecule has 0 bridgehead atoms. The minimum absolute atomic E-state index is 0.0500. The average Bonchev–Trinajstić information content (AvgIpc) is 3.63. The van der Waals surface area contributed by atoms with Crippen LogP contribution in [0.4, 0.5) is 11.6 Å². The molecule has 0 aliphatic heterocycles. The van der Waals surface area contributed by atoms with E-state index in [1.807, 2.05) is 23.1 Å². The highest BCUT2D eigenvalue weighted by atomic mass is 32.2. The molecule has 1 N–H and O–H groups in total. The van der Waals surface area contributed by atoms with E-state index in [-0.39, 0.29) is 11.8 Å². The number of nitrogens with one attached hydrogen (secondary N) is 1. The van der Waals surface area contributed by atoms with E-state index in [0.29, 0.717) is 23.0 Å². The van der Waals surface area contributed by atoms with Gasteiger partial charge in [0, 0.05) is 60.0 Å². The third kappa shape index (κ3) is 4.84. The maximum absolute atomic E-state index is 12.1. The van der Waals surface area contributed by atoms with E-state index in [4.69, 9.17) is 0 Å². The van der Waals surface area contributed by atoms with Gasteiger partial charge >= 0.3 is 0 Å². The van der Waals surface area contributed by atoms with Crippen molar-refractivity contribution in [3.05, 3.63) is 55.5 Å². The van der Waals surface area contributed by atoms with Crippen molar-refractivity contribution >= 4 is 32.6 Å². The van der Waals surface area contributed by atoms with Crippen LogP contribution in [0.1, 0.15) is 40.2 Å². The largest absolute Gasteiger partial charge is 0.344 e. The molecule has 5 heterocycles. The number of rotatable bonds is 9. The molecular formula is C25H29N9O2S. The van der Waals surface area contributed by atoms with Crippen LogP contribution in [-0.4, -0.2) is 52.7 Å². The number of aromatic nitrogens is 8. The maximum atomic E-state index is 12.1. The first-order chi connectivity index (χ1) is 17.8. The van der Waals surface area contributed by atoms with Gasteiger partial charge in [0.2, 0.25) is 0 Å². The Bertz CT molecular complexity index is 1660. The molecule has 0 aromatic carbocycles. The van der Waals surface area contributed by atoms with Gasteiger partial charge < -0.3 is 9.88 Å². The second kappa shape index (κ2) is 9.77. The number of hydrogen-bond acceptors (Lipinski definition) is 8. The van der Waals surface area contributed by atoms with Crippen LogP contribution in [0.3, 0.4) is 0 Å². The van der Waals surface area contributed by atoms with Crippen LogP contribution in [0, 0.1) is 0 Å². The first-order valence-electron chi connectivity index (χ1n) is 12.2. The summed E-state index contributed by atoms with van der Waals surface area (Å²) in [5.74, 6) is 1.48. The quantitative estimate of drug-likeness (QED) is 0.302. The summed E-state index contributed by atoms with van der Waals surface area (Å²) in [6.45, 7) is 8.87. The van der Waals surface area contributed by atoms with Gasteiger partial charge in [-0.25, -0.2) is 23.4 Å². The lowest BCUT2D eigenvalue weighted by molar-refractivity contribution is 0.581. The predicted molar refractivity (Wildman–Crippen MR) is 143 cm³/mol. The van der Waals surface area contributed by atoms with E-state index in [0.717, 1.165) is 39.1 Å². The minimum Gasteiger partial charge on any atom is -0.344 e. The molecule has 5 aromatic rings. The molecule has 0 fully saturated rings.